The molecule has 0 unspecified atom stereocenters. The molecule has 1 atom stereocenters. The van der Waals surface area contributed by atoms with Crippen LogP contribution in [0.2, 0.25) is 0 Å². The van der Waals surface area contributed by atoms with Gasteiger partial charge in [0, 0.05) is 6.42 Å². The third-order valence-electron chi connectivity index (χ3n) is 3.07. The molecule has 3 heteroatoms. The molecule has 2 rings (SSSR count). The summed E-state index contributed by atoms with van der Waals surface area (Å²) < 4.78 is 5.42. The van der Waals surface area contributed by atoms with E-state index in [2.05, 4.69) is 12.0 Å². The molecule has 1 aromatic carbocycles. The van der Waals surface area contributed by atoms with E-state index < -0.39 is 5.60 Å². The summed E-state index contributed by atoms with van der Waals surface area (Å²) in [6.07, 6.45) is 5.90. The molecule has 0 bridgehead atoms. The van der Waals surface area contributed by atoms with E-state index in [9.17, 15) is 4.79 Å². The van der Waals surface area contributed by atoms with Crippen LogP contribution < -0.4 is 0 Å². The SMILES string of the molecule is C#C[C@H]1Cc2ccccc2CN1C(=O)OC(C)(C)C. The maximum Gasteiger partial charge on any atom is 0.411 e. The van der Waals surface area contributed by atoms with E-state index in [1.807, 2.05) is 39.0 Å². The molecule has 0 spiro atoms. The molecule has 0 aromatic heterocycles. The largest absolute Gasteiger partial charge is 0.444 e. The third-order valence-corrected chi connectivity index (χ3v) is 3.07. The molecule has 0 aliphatic carbocycles. The highest BCUT2D eigenvalue weighted by Gasteiger charge is 2.31. The van der Waals surface area contributed by atoms with Gasteiger partial charge in [0.25, 0.3) is 0 Å². The fraction of sp³-hybridized carbons (Fsp3) is 0.438. The van der Waals surface area contributed by atoms with Gasteiger partial charge in [-0.05, 0) is 31.9 Å². The van der Waals surface area contributed by atoms with Gasteiger partial charge in [-0.2, -0.15) is 0 Å². The summed E-state index contributed by atoms with van der Waals surface area (Å²) in [6, 6.07) is 7.83. The number of rotatable bonds is 0. The lowest BCUT2D eigenvalue weighted by molar-refractivity contribution is 0.0172. The Balaban J connectivity index is 2.22. The molecule has 100 valence electrons. The van der Waals surface area contributed by atoms with E-state index >= 15 is 0 Å². The molecule has 0 N–H and O–H groups in total. The van der Waals surface area contributed by atoms with Crippen molar-refractivity contribution in [3.63, 3.8) is 0 Å². The number of fused-ring (bicyclic) bond motifs is 1. The van der Waals surface area contributed by atoms with Gasteiger partial charge in [-0.3, -0.25) is 4.90 Å². The number of benzene rings is 1. The standard InChI is InChI=1S/C16H19NO2/c1-5-14-10-12-8-6-7-9-13(12)11-17(14)15(18)19-16(2,3)4/h1,6-9,14H,10-11H2,2-4H3/t14-/m0/s1. The van der Waals surface area contributed by atoms with Crippen molar-refractivity contribution in [2.75, 3.05) is 0 Å². The maximum atomic E-state index is 12.2. The van der Waals surface area contributed by atoms with Crippen molar-refractivity contribution < 1.29 is 9.53 Å². The Morgan fingerprint density at radius 3 is 2.58 bits per heavy atom. The van der Waals surface area contributed by atoms with E-state index in [0.717, 1.165) is 5.56 Å². The van der Waals surface area contributed by atoms with Gasteiger partial charge in [0.05, 0.1) is 6.54 Å². The second-order valence-corrected chi connectivity index (χ2v) is 5.76. The summed E-state index contributed by atoms with van der Waals surface area (Å²) >= 11 is 0. The second-order valence-electron chi connectivity index (χ2n) is 5.76. The first-order chi connectivity index (χ1) is 8.90. The number of amides is 1. The summed E-state index contributed by atoms with van der Waals surface area (Å²) in [6.45, 7) is 6.08. The normalized spacial score (nSPS) is 18.4. The van der Waals surface area contributed by atoms with Crippen LogP contribution in [0.15, 0.2) is 24.3 Å². The van der Waals surface area contributed by atoms with Gasteiger partial charge in [-0.15, -0.1) is 6.42 Å². The molecule has 1 aromatic rings. The van der Waals surface area contributed by atoms with Crippen molar-refractivity contribution in [3.8, 4) is 12.3 Å². The van der Waals surface area contributed by atoms with E-state index in [0.29, 0.717) is 13.0 Å². The van der Waals surface area contributed by atoms with E-state index in [1.54, 1.807) is 4.90 Å². The number of hydrogen-bond donors (Lipinski definition) is 0. The quantitative estimate of drug-likeness (QED) is 0.669. The van der Waals surface area contributed by atoms with Gasteiger partial charge in [0.1, 0.15) is 11.6 Å². The summed E-state index contributed by atoms with van der Waals surface area (Å²) in [5.74, 6) is 2.69. The first kappa shape index (κ1) is 13.5. The van der Waals surface area contributed by atoms with Crippen LogP contribution in [-0.2, 0) is 17.7 Å². The van der Waals surface area contributed by atoms with Crippen molar-refractivity contribution in [1.29, 1.82) is 0 Å². The monoisotopic (exact) mass is 257 g/mol. The minimum absolute atomic E-state index is 0.232. The topological polar surface area (TPSA) is 29.5 Å². The van der Waals surface area contributed by atoms with Crippen LogP contribution in [0.5, 0.6) is 0 Å². The smallest absolute Gasteiger partial charge is 0.411 e. The number of carbonyl (C=O) groups is 1. The molecule has 0 saturated heterocycles. The Kier molecular flexibility index (Phi) is 3.53. The van der Waals surface area contributed by atoms with Crippen molar-refractivity contribution in [2.45, 2.75) is 45.4 Å². The zero-order valence-electron chi connectivity index (χ0n) is 11.6. The van der Waals surface area contributed by atoms with Crippen molar-refractivity contribution in [3.05, 3.63) is 35.4 Å². The van der Waals surface area contributed by atoms with Crippen LogP contribution in [0.3, 0.4) is 0 Å². The van der Waals surface area contributed by atoms with Crippen molar-refractivity contribution in [1.82, 2.24) is 4.90 Å². The Labute approximate surface area is 114 Å². The lowest BCUT2D eigenvalue weighted by atomic mass is 9.95. The molecule has 1 aliphatic heterocycles. The lowest BCUT2D eigenvalue weighted by Gasteiger charge is -2.35. The number of hydrogen-bond acceptors (Lipinski definition) is 2. The van der Waals surface area contributed by atoms with Crippen LogP contribution in [0.4, 0.5) is 4.79 Å². The Morgan fingerprint density at radius 1 is 1.37 bits per heavy atom. The van der Waals surface area contributed by atoms with Gasteiger partial charge >= 0.3 is 6.09 Å². The summed E-state index contributed by atoms with van der Waals surface area (Å²) in [7, 11) is 0. The van der Waals surface area contributed by atoms with Crippen LogP contribution in [-0.4, -0.2) is 22.6 Å². The molecular weight excluding hydrogens is 238 g/mol. The van der Waals surface area contributed by atoms with Crippen molar-refractivity contribution in [2.24, 2.45) is 0 Å². The molecule has 0 saturated carbocycles. The fourth-order valence-electron chi connectivity index (χ4n) is 2.18. The predicted molar refractivity (Wildman–Crippen MR) is 74.5 cm³/mol. The number of ether oxygens (including phenoxy) is 1. The van der Waals surface area contributed by atoms with Gasteiger partial charge in [0.15, 0.2) is 0 Å². The Hall–Kier alpha value is -1.95. The minimum Gasteiger partial charge on any atom is -0.444 e. The van der Waals surface area contributed by atoms with Gasteiger partial charge in [-0.25, -0.2) is 4.79 Å². The fourth-order valence-corrected chi connectivity index (χ4v) is 2.18. The molecule has 3 nitrogen and oxygen atoms in total. The number of carbonyl (C=O) groups excluding carboxylic acids is 1. The summed E-state index contributed by atoms with van der Waals surface area (Å²) in [4.78, 5) is 13.8. The van der Waals surface area contributed by atoms with Crippen LogP contribution >= 0.6 is 0 Å². The first-order valence-corrected chi connectivity index (χ1v) is 6.43. The number of nitrogens with zero attached hydrogens (tertiary/aromatic N) is 1. The van der Waals surface area contributed by atoms with Gasteiger partial charge in [0.2, 0.25) is 0 Å². The van der Waals surface area contributed by atoms with Crippen LogP contribution in [0.25, 0.3) is 0 Å². The van der Waals surface area contributed by atoms with Crippen LogP contribution in [0.1, 0.15) is 31.9 Å². The average molecular weight is 257 g/mol. The average Bonchev–Trinajstić information content (AvgIpc) is 2.35. The molecule has 0 radical (unpaired) electrons. The molecule has 0 fully saturated rings. The highest BCUT2D eigenvalue weighted by Crippen LogP contribution is 2.24. The van der Waals surface area contributed by atoms with E-state index in [-0.39, 0.29) is 12.1 Å². The van der Waals surface area contributed by atoms with Crippen molar-refractivity contribution >= 4 is 6.09 Å². The number of terminal acetylenes is 1. The van der Waals surface area contributed by atoms with E-state index in [1.165, 1.54) is 5.56 Å². The molecule has 1 aliphatic rings. The van der Waals surface area contributed by atoms with Gasteiger partial charge in [-0.1, -0.05) is 30.2 Å². The third kappa shape index (κ3) is 3.08. The second kappa shape index (κ2) is 4.97. The Morgan fingerprint density at radius 2 is 2.00 bits per heavy atom. The van der Waals surface area contributed by atoms with Gasteiger partial charge < -0.3 is 4.74 Å². The maximum absolute atomic E-state index is 12.2. The molecule has 1 heterocycles. The highest BCUT2D eigenvalue weighted by molar-refractivity contribution is 5.70. The molecule has 1 amide bonds. The summed E-state index contributed by atoms with van der Waals surface area (Å²) in [5, 5.41) is 0. The Bertz CT molecular complexity index is 522. The minimum atomic E-state index is -0.507. The van der Waals surface area contributed by atoms with E-state index in [4.69, 9.17) is 11.2 Å². The predicted octanol–water partition coefficient (Wildman–Crippen LogP) is 2.98. The highest BCUT2D eigenvalue weighted by atomic mass is 16.6. The summed E-state index contributed by atoms with van der Waals surface area (Å²) in [5.41, 5.74) is 1.85. The van der Waals surface area contributed by atoms with Crippen LogP contribution in [0, 0.1) is 12.3 Å². The molecular formula is C16H19NO2. The zero-order chi connectivity index (χ0) is 14.0. The zero-order valence-corrected chi connectivity index (χ0v) is 11.6. The lowest BCUT2D eigenvalue weighted by Crippen LogP contribution is -2.45. The molecule has 19 heavy (non-hydrogen) atoms. The first-order valence-electron chi connectivity index (χ1n) is 6.43.